The molecule has 0 saturated carbocycles. The van der Waals surface area contributed by atoms with Crippen molar-refractivity contribution in [3.8, 4) is 5.75 Å². The van der Waals surface area contributed by atoms with Crippen LogP contribution in [0.15, 0.2) is 47.4 Å². The molecule has 2 aromatic carbocycles. The molecule has 2 aromatic rings. The number of anilines is 1. The topological polar surface area (TPSA) is 61.5 Å². The second kappa shape index (κ2) is 7.24. The normalized spacial score (nSPS) is 10.2. The lowest BCUT2D eigenvalue weighted by Gasteiger charge is -2.10. The molecule has 0 aromatic heterocycles. The molecule has 0 bridgehead atoms. The Morgan fingerprint density at radius 3 is 2.71 bits per heavy atom. The van der Waals surface area contributed by atoms with Gasteiger partial charge in [0.15, 0.2) is 5.75 Å². The fraction of sp³-hybridized carbons (Fsp3) is 0.133. The minimum Gasteiger partial charge on any atom is -0.465 e. The minimum absolute atomic E-state index is 0.364. The van der Waals surface area contributed by atoms with Crippen molar-refractivity contribution in [3.05, 3.63) is 53.6 Å². The van der Waals surface area contributed by atoms with Crippen molar-refractivity contribution in [1.82, 2.24) is 0 Å². The van der Waals surface area contributed by atoms with Gasteiger partial charge in [0.2, 0.25) is 0 Å². The van der Waals surface area contributed by atoms with Crippen molar-refractivity contribution in [2.75, 3.05) is 12.8 Å². The lowest BCUT2D eigenvalue weighted by molar-refractivity contribution is 0.0599. The number of esters is 1. The zero-order valence-electron chi connectivity index (χ0n) is 11.3. The molecule has 110 valence electrons. The van der Waals surface area contributed by atoms with E-state index in [1.807, 2.05) is 12.1 Å². The van der Waals surface area contributed by atoms with Crippen molar-refractivity contribution in [2.24, 2.45) is 0 Å². The Hall–Kier alpha value is -1.85. The fourth-order valence-corrected chi connectivity index (χ4v) is 2.43. The zero-order valence-corrected chi connectivity index (χ0v) is 12.9. The van der Waals surface area contributed by atoms with E-state index in [0.717, 1.165) is 22.5 Å². The molecule has 0 radical (unpaired) electrons. The number of nitrogens with two attached hydrogens (primary N) is 1. The predicted octanol–water partition coefficient (Wildman–Crippen LogP) is 3.88. The fourth-order valence-electron chi connectivity index (χ4n) is 1.66. The molecule has 21 heavy (non-hydrogen) atoms. The highest BCUT2D eigenvalue weighted by molar-refractivity contribution is 7.95. The third kappa shape index (κ3) is 3.83. The van der Waals surface area contributed by atoms with E-state index in [1.165, 1.54) is 7.11 Å². The van der Waals surface area contributed by atoms with Gasteiger partial charge in [-0.25, -0.2) is 4.79 Å². The van der Waals surface area contributed by atoms with Crippen LogP contribution in [0, 0.1) is 0 Å². The lowest BCUT2D eigenvalue weighted by Crippen LogP contribution is -2.03. The summed E-state index contributed by atoms with van der Waals surface area (Å²) in [5.74, 6) is 0.382. The van der Waals surface area contributed by atoms with E-state index < -0.39 is 5.97 Å². The molecule has 0 atom stereocenters. The Kier molecular flexibility index (Phi) is 5.36. The number of carbonyl (C=O) groups is 1. The summed E-state index contributed by atoms with van der Waals surface area (Å²) in [6.45, 7) is 0. The first kappa shape index (κ1) is 15.5. The van der Waals surface area contributed by atoms with Gasteiger partial charge in [-0.15, -0.1) is 11.6 Å². The van der Waals surface area contributed by atoms with E-state index in [2.05, 4.69) is 0 Å². The lowest BCUT2D eigenvalue weighted by atomic mass is 10.2. The zero-order chi connectivity index (χ0) is 15.2. The molecule has 0 fully saturated rings. The van der Waals surface area contributed by atoms with Gasteiger partial charge in [-0.1, -0.05) is 18.2 Å². The summed E-state index contributed by atoms with van der Waals surface area (Å²) in [6, 6.07) is 12.4. The van der Waals surface area contributed by atoms with Gasteiger partial charge in [0.25, 0.3) is 0 Å². The van der Waals surface area contributed by atoms with Gasteiger partial charge in [0.05, 0.1) is 24.0 Å². The van der Waals surface area contributed by atoms with Crippen LogP contribution in [0.5, 0.6) is 5.75 Å². The van der Waals surface area contributed by atoms with Gasteiger partial charge in [-0.3, -0.25) is 0 Å². The molecule has 0 unspecified atom stereocenters. The van der Waals surface area contributed by atoms with E-state index in [0.29, 0.717) is 22.9 Å². The molecule has 4 nitrogen and oxygen atoms in total. The smallest absolute Gasteiger partial charge is 0.341 e. The molecule has 2 rings (SSSR count). The van der Waals surface area contributed by atoms with Gasteiger partial charge in [0, 0.05) is 11.6 Å². The van der Waals surface area contributed by atoms with E-state index in [1.54, 1.807) is 30.3 Å². The Bertz CT molecular complexity index is 649. The van der Waals surface area contributed by atoms with Crippen LogP contribution in [0.4, 0.5) is 5.69 Å². The number of nitrogen functional groups attached to an aromatic ring is 1. The van der Waals surface area contributed by atoms with E-state index in [-0.39, 0.29) is 0 Å². The highest BCUT2D eigenvalue weighted by Crippen LogP contribution is 2.31. The van der Waals surface area contributed by atoms with Crippen LogP contribution in [0.25, 0.3) is 0 Å². The Morgan fingerprint density at radius 2 is 2.05 bits per heavy atom. The molecule has 0 aliphatic rings. The van der Waals surface area contributed by atoms with Crippen LogP contribution in [0.2, 0.25) is 0 Å². The number of alkyl halides is 1. The summed E-state index contributed by atoms with van der Waals surface area (Å²) in [6.07, 6.45) is 0. The van der Waals surface area contributed by atoms with Gasteiger partial charge >= 0.3 is 5.97 Å². The summed E-state index contributed by atoms with van der Waals surface area (Å²) < 4.78 is 10.3. The first-order chi connectivity index (χ1) is 10.2. The van der Waals surface area contributed by atoms with Crippen LogP contribution < -0.4 is 9.92 Å². The number of halogens is 1. The number of rotatable bonds is 5. The first-order valence-electron chi connectivity index (χ1n) is 6.12. The van der Waals surface area contributed by atoms with Crippen molar-refractivity contribution < 1.29 is 13.7 Å². The number of methoxy groups -OCH3 is 1. The second-order valence-electron chi connectivity index (χ2n) is 4.16. The van der Waals surface area contributed by atoms with Crippen molar-refractivity contribution in [2.45, 2.75) is 10.8 Å². The molecular formula is C15H14ClNO3S. The van der Waals surface area contributed by atoms with Gasteiger partial charge in [-0.2, -0.15) is 0 Å². The summed E-state index contributed by atoms with van der Waals surface area (Å²) >= 11 is 6.84. The van der Waals surface area contributed by atoms with E-state index in [9.17, 15) is 4.79 Å². The van der Waals surface area contributed by atoms with Crippen LogP contribution in [0.1, 0.15) is 15.9 Å². The van der Waals surface area contributed by atoms with Crippen LogP contribution >= 0.6 is 23.6 Å². The Labute approximate surface area is 132 Å². The number of para-hydroxylation sites is 1. The van der Waals surface area contributed by atoms with Crippen LogP contribution in [-0.2, 0) is 10.6 Å². The molecule has 6 heteroatoms. The summed E-state index contributed by atoms with van der Waals surface area (Å²) in [5.41, 5.74) is 7.81. The summed E-state index contributed by atoms with van der Waals surface area (Å²) in [5, 5.41) is 0. The minimum atomic E-state index is -0.448. The van der Waals surface area contributed by atoms with Crippen molar-refractivity contribution in [3.63, 3.8) is 0 Å². The molecule has 0 aliphatic carbocycles. The predicted molar refractivity (Wildman–Crippen MR) is 84.7 cm³/mol. The number of benzene rings is 2. The highest BCUT2D eigenvalue weighted by Gasteiger charge is 2.13. The van der Waals surface area contributed by atoms with Gasteiger partial charge in [0.1, 0.15) is 5.56 Å². The van der Waals surface area contributed by atoms with Crippen molar-refractivity contribution >= 4 is 35.3 Å². The molecule has 0 heterocycles. The maximum Gasteiger partial charge on any atom is 0.341 e. The van der Waals surface area contributed by atoms with Gasteiger partial charge in [-0.05, 0) is 29.8 Å². The average molecular weight is 324 g/mol. The standard InChI is InChI=1S/C15H14ClNO3S/c1-19-15(18)11-4-2-3-5-13(11)20-21-14-7-6-10(9-16)8-12(14)17/h2-8H,9,17H2,1H3. The maximum absolute atomic E-state index is 11.6. The monoisotopic (exact) mass is 323 g/mol. The van der Waals surface area contributed by atoms with E-state index >= 15 is 0 Å². The summed E-state index contributed by atoms with van der Waals surface area (Å²) in [4.78, 5) is 12.4. The molecule has 2 N–H and O–H groups in total. The second-order valence-corrected chi connectivity index (χ2v) is 5.20. The Balaban J connectivity index is 2.15. The molecule has 0 aliphatic heterocycles. The number of hydrogen-bond acceptors (Lipinski definition) is 5. The molecular weight excluding hydrogens is 310 g/mol. The Morgan fingerprint density at radius 1 is 1.29 bits per heavy atom. The van der Waals surface area contributed by atoms with Crippen LogP contribution in [-0.4, -0.2) is 13.1 Å². The van der Waals surface area contributed by atoms with Crippen molar-refractivity contribution in [1.29, 1.82) is 0 Å². The number of carbonyl (C=O) groups excluding carboxylic acids is 1. The van der Waals surface area contributed by atoms with Gasteiger partial charge < -0.3 is 14.7 Å². The number of hydrogen-bond donors (Lipinski definition) is 1. The first-order valence-corrected chi connectivity index (χ1v) is 7.39. The third-order valence-corrected chi connectivity index (χ3v) is 3.86. The third-order valence-electron chi connectivity index (χ3n) is 2.74. The van der Waals surface area contributed by atoms with Crippen LogP contribution in [0.3, 0.4) is 0 Å². The summed E-state index contributed by atoms with van der Waals surface area (Å²) in [7, 11) is 1.33. The average Bonchev–Trinajstić information content (AvgIpc) is 2.53. The molecule has 0 saturated heterocycles. The molecule has 0 amide bonds. The molecule has 0 spiro atoms. The largest absolute Gasteiger partial charge is 0.465 e. The highest BCUT2D eigenvalue weighted by atomic mass is 35.5. The quantitative estimate of drug-likeness (QED) is 0.391. The number of ether oxygens (including phenoxy) is 1. The SMILES string of the molecule is COC(=O)c1ccccc1OSc1ccc(CCl)cc1N. The van der Waals surface area contributed by atoms with E-state index in [4.69, 9.17) is 26.3 Å². The maximum atomic E-state index is 11.6.